The van der Waals surface area contributed by atoms with E-state index in [4.69, 9.17) is 23.2 Å². The molecule has 0 amide bonds. The van der Waals surface area contributed by atoms with Gasteiger partial charge in [0.05, 0.1) is 4.90 Å². The lowest BCUT2D eigenvalue weighted by Gasteiger charge is -2.25. The van der Waals surface area contributed by atoms with E-state index in [9.17, 15) is 12.8 Å². The normalized spacial score (nSPS) is 13.4. The smallest absolute Gasteiger partial charge is 0.207 e. The lowest BCUT2D eigenvalue weighted by atomic mass is 10.1. The number of rotatable bonds is 4. The highest BCUT2D eigenvalue weighted by Gasteiger charge is 2.27. The summed E-state index contributed by atoms with van der Waals surface area (Å²) in [6.45, 7) is 1.72. The van der Waals surface area contributed by atoms with Gasteiger partial charge in [0, 0.05) is 23.1 Å². The Labute approximate surface area is 139 Å². The first-order chi connectivity index (χ1) is 10.2. The zero-order valence-corrected chi connectivity index (χ0v) is 14.3. The number of hydrogen-bond donors (Lipinski definition) is 0. The fourth-order valence-corrected chi connectivity index (χ4v) is 3.93. The van der Waals surface area contributed by atoms with Crippen molar-refractivity contribution in [1.82, 2.24) is 4.31 Å². The van der Waals surface area contributed by atoms with E-state index < -0.39 is 21.9 Å². The van der Waals surface area contributed by atoms with Crippen molar-refractivity contribution in [2.45, 2.75) is 17.9 Å². The molecule has 1 atom stereocenters. The molecule has 0 aliphatic carbocycles. The average Bonchev–Trinajstić information content (AvgIpc) is 2.46. The molecular weight excluding hydrogens is 348 g/mol. The van der Waals surface area contributed by atoms with Crippen LogP contribution in [0, 0.1) is 5.82 Å². The molecule has 2 aromatic rings. The Morgan fingerprint density at radius 2 is 1.68 bits per heavy atom. The maximum absolute atomic E-state index is 13.0. The molecule has 0 saturated carbocycles. The van der Waals surface area contributed by atoms with Crippen molar-refractivity contribution in [1.29, 1.82) is 0 Å². The van der Waals surface area contributed by atoms with Crippen LogP contribution in [0.2, 0.25) is 10.0 Å². The third kappa shape index (κ3) is 3.43. The summed E-state index contributed by atoms with van der Waals surface area (Å²) in [4.78, 5) is 0.0216. The summed E-state index contributed by atoms with van der Waals surface area (Å²) < 4.78 is 39.3. The molecule has 0 saturated heterocycles. The zero-order valence-electron chi connectivity index (χ0n) is 11.9. The second-order valence-corrected chi connectivity index (χ2v) is 7.66. The van der Waals surface area contributed by atoms with Crippen LogP contribution in [0.1, 0.15) is 18.5 Å². The first-order valence-corrected chi connectivity index (χ1v) is 8.61. The maximum Gasteiger partial charge on any atom is 0.243 e. The second kappa shape index (κ2) is 6.54. The SMILES string of the molecule is CC(c1ccc(Cl)cc1Cl)N(C)S(=O)(=O)c1ccc(F)cc1. The van der Waals surface area contributed by atoms with Crippen LogP contribution in [-0.2, 0) is 10.0 Å². The first kappa shape index (κ1) is 17.2. The molecule has 0 aliphatic heterocycles. The highest BCUT2D eigenvalue weighted by molar-refractivity contribution is 7.89. The van der Waals surface area contributed by atoms with Crippen molar-refractivity contribution in [3.8, 4) is 0 Å². The largest absolute Gasteiger partial charge is 0.243 e. The van der Waals surface area contributed by atoms with Crippen molar-refractivity contribution >= 4 is 33.2 Å². The number of hydrogen-bond acceptors (Lipinski definition) is 2. The van der Waals surface area contributed by atoms with Gasteiger partial charge in [-0.05, 0) is 48.9 Å². The molecule has 0 N–H and O–H groups in total. The highest BCUT2D eigenvalue weighted by Crippen LogP contribution is 2.31. The van der Waals surface area contributed by atoms with Crippen molar-refractivity contribution in [2.75, 3.05) is 7.05 Å². The molecule has 22 heavy (non-hydrogen) atoms. The summed E-state index contributed by atoms with van der Waals surface area (Å²) in [6.07, 6.45) is 0. The van der Waals surface area contributed by atoms with Gasteiger partial charge in [0.15, 0.2) is 0 Å². The quantitative estimate of drug-likeness (QED) is 0.802. The molecule has 2 aromatic carbocycles. The summed E-state index contributed by atoms with van der Waals surface area (Å²) in [6, 6.07) is 9.09. The summed E-state index contributed by atoms with van der Waals surface area (Å²) in [5.41, 5.74) is 0.638. The fourth-order valence-electron chi connectivity index (χ4n) is 2.02. The fraction of sp³-hybridized carbons (Fsp3) is 0.200. The Morgan fingerprint density at radius 1 is 1.09 bits per heavy atom. The van der Waals surface area contributed by atoms with Crippen LogP contribution in [0.15, 0.2) is 47.4 Å². The monoisotopic (exact) mass is 361 g/mol. The van der Waals surface area contributed by atoms with E-state index in [1.54, 1.807) is 25.1 Å². The van der Waals surface area contributed by atoms with Gasteiger partial charge in [0.1, 0.15) is 5.82 Å². The van der Waals surface area contributed by atoms with Crippen LogP contribution in [0.3, 0.4) is 0 Å². The minimum atomic E-state index is -3.75. The van der Waals surface area contributed by atoms with Crippen LogP contribution in [-0.4, -0.2) is 19.8 Å². The molecule has 118 valence electrons. The van der Waals surface area contributed by atoms with E-state index in [1.807, 2.05) is 0 Å². The summed E-state index contributed by atoms with van der Waals surface area (Å²) in [7, 11) is -2.30. The molecular formula is C15H14Cl2FNO2S. The third-order valence-electron chi connectivity index (χ3n) is 3.45. The number of halogens is 3. The lowest BCUT2D eigenvalue weighted by molar-refractivity contribution is 0.398. The van der Waals surface area contributed by atoms with Crippen LogP contribution in [0.5, 0.6) is 0 Å². The van der Waals surface area contributed by atoms with E-state index in [0.717, 1.165) is 12.1 Å². The number of benzene rings is 2. The zero-order chi connectivity index (χ0) is 16.5. The second-order valence-electron chi connectivity index (χ2n) is 4.82. The predicted octanol–water partition coefficient (Wildman–Crippen LogP) is 4.51. The van der Waals surface area contributed by atoms with E-state index in [0.29, 0.717) is 15.6 Å². The van der Waals surface area contributed by atoms with Crippen molar-refractivity contribution < 1.29 is 12.8 Å². The van der Waals surface area contributed by atoms with Crippen LogP contribution < -0.4 is 0 Å². The Kier molecular flexibility index (Phi) is 5.12. The van der Waals surface area contributed by atoms with Gasteiger partial charge >= 0.3 is 0 Å². The van der Waals surface area contributed by atoms with Gasteiger partial charge in [0.2, 0.25) is 10.0 Å². The average molecular weight is 362 g/mol. The molecule has 0 bridgehead atoms. The molecule has 2 rings (SSSR count). The van der Waals surface area contributed by atoms with Crippen molar-refractivity contribution in [2.24, 2.45) is 0 Å². The minimum Gasteiger partial charge on any atom is -0.207 e. The number of sulfonamides is 1. The summed E-state index contributed by atoms with van der Waals surface area (Å²) in [5, 5.41) is 0.867. The van der Waals surface area contributed by atoms with Crippen molar-refractivity contribution in [3.05, 3.63) is 63.9 Å². The lowest BCUT2D eigenvalue weighted by Crippen LogP contribution is -2.30. The summed E-state index contributed by atoms with van der Waals surface area (Å²) in [5.74, 6) is -0.490. The predicted molar refractivity (Wildman–Crippen MR) is 86.2 cm³/mol. The summed E-state index contributed by atoms with van der Waals surface area (Å²) >= 11 is 12.0. The maximum atomic E-state index is 13.0. The molecule has 0 aromatic heterocycles. The van der Waals surface area contributed by atoms with Gasteiger partial charge in [-0.25, -0.2) is 12.8 Å². The first-order valence-electron chi connectivity index (χ1n) is 6.42. The topological polar surface area (TPSA) is 37.4 Å². The Bertz CT molecular complexity index is 779. The Morgan fingerprint density at radius 3 is 2.23 bits per heavy atom. The van der Waals surface area contributed by atoms with E-state index in [2.05, 4.69) is 0 Å². The Hall–Kier alpha value is -1.14. The molecule has 1 unspecified atom stereocenters. The van der Waals surface area contributed by atoms with Gasteiger partial charge in [-0.1, -0.05) is 29.3 Å². The minimum absolute atomic E-state index is 0.0216. The Balaban J connectivity index is 2.37. The van der Waals surface area contributed by atoms with Crippen LogP contribution in [0.4, 0.5) is 4.39 Å². The van der Waals surface area contributed by atoms with Gasteiger partial charge in [-0.2, -0.15) is 4.31 Å². The standard InChI is InChI=1S/C15H14Cl2FNO2S/c1-10(14-8-3-11(16)9-15(14)17)19(2)22(20,21)13-6-4-12(18)5-7-13/h3-10H,1-2H3. The number of nitrogens with zero attached hydrogens (tertiary/aromatic N) is 1. The molecule has 3 nitrogen and oxygen atoms in total. The van der Waals surface area contributed by atoms with E-state index in [1.165, 1.54) is 23.5 Å². The van der Waals surface area contributed by atoms with Gasteiger partial charge < -0.3 is 0 Å². The highest BCUT2D eigenvalue weighted by atomic mass is 35.5. The molecule has 0 radical (unpaired) electrons. The van der Waals surface area contributed by atoms with Gasteiger partial charge in [-0.3, -0.25) is 0 Å². The van der Waals surface area contributed by atoms with Gasteiger partial charge in [0.25, 0.3) is 0 Å². The molecule has 0 aliphatic rings. The van der Waals surface area contributed by atoms with E-state index >= 15 is 0 Å². The molecule has 0 heterocycles. The molecule has 0 spiro atoms. The van der Waals surface area contributed by atoms with Crippen LogP contribution in [0.25, 0.3) is 0 Å². The van der Waals surface area contributed by atoms with Gasteiger partial charge in [-0.15, -0.1) is 0 Å². The van der Waals surface area contributed by atoms with E-state index in [-0.39, 0.29) is 4.90 Å². The van der Waals surface area contributed by atoms with Crippen LogP contribution >= 0.6 is 23.2 Å². The molecule has 7 heteroatoms. The third-order valence-corrected chi connectivity index (χ3v) is 5.95. The van der Waals surface area contributed by atoms with Crippen molar-refractivity contribution in [3.63, 3.8) is 0 Å². The molecule has 0 fully saturated rings.